The average Bonchev–Trinajstić information content (AvgIpc) is 2.83. The molecule has 1 aliphatic carbocycles. The molecule has 18 heavy (non-hydrogen) atoms. The maximum Gasteiger partial charge on any atom is 0.108 e. The summed E-state index contributed by atoms with van der Waals surface area (Å²) in [6, 6.07) is 2.86. The van der Waals surface area contributed by atoms with Gasteiger partial charge in [-0.3, -0.25) is 10.00 Å². The summed E-state index contributed by atoms with van der Waals surface area (Å²) in [4.78, 5) is 0. The predicted molar refractivity (Wildman–Crippen MR) is 71.1 cm³/mol. The summed E-state index contributed by atoms with van der Waals surface area (Å²) in [6.07, 6.45) is 9.08. The number of rotatable bonds is 4. The van der Waals surface area contributed by atoms with E-state index >= 15 is 0 Å². The van der Waals surface area contributed by atoms with E-state index in [1.165, 1.54) is 5.56 Å². The van der Waals surface area contributed by atoms with Gasteiger partial charge in [-0.15, -0.1) is 0 Å². The number of aryl methyl sites for hydroxylation is 1. The Balaban J connectivity index is 2.09. The van der Waals surface area contributed by atoms with Crippen molar-refractivity contribution < 1.29 is 0 Å². The molecule has 0 bridgehead atoms. The van der Waals surface area contributed by atoms with E-state index < -0.39 is 0 Å². The van der Waals surface area contributed by atoms with Crippen molar-refractivity contribution in [2.45, 2.75) is 57.5 Å². The van der Waals surface area contributed by atoms with E-state index in [9.17, 15) is 5.26 Å². The van der Waals surface area contributed by atoms with Gasteiger partial charge in [-0.2, -0.15) is 10.4 Å². The second kappa shape index (κ2) is 5.53. The topological polar surface area (TPSA) is 53.6 Å². The predicted octanol–water partition coefficient (Wildman–Crippen LogP) is 2.57. The fourth-order valence-electron chi connectivity index (χ4n) is 2.77. The minimum Gasteiger partial charge on any atom is -0.299 e. The molecule has 1 aliphatic rings. The van der Waals surface area contributed by atoms with Crippen molar-refractivity contribution in [2.75, 3.05) is 6.54 Å². The Morgan fingerprint density at radius 3 is 3.11 bits per heavy atom. The van der Waals surface area contributed by atoms with Crippen LogP contribution in [0.2, 0.25) is 0 Å². The van der Waals surface area contributed by atoms with Gasteiger partial charge in [0.2, 0.25) is 0 Å². The van der Waals surface area contributed by atoms with Gasteiger partial charge in [0.05, 0.1) is 18.3 Å². The summed E-state index contributed by atoms with van der Waals surface area (Å²) in [5, 5.41) is 17.3. The zero-order valence-corrected chi connectivity index (χ0v) is 11.3. The Bertz CT molecular complexity index is 431. The number of aromatic nitrogens is 2. The van der Waals surface area contributed by atoms with Crippen molar-refractivity contribution in [3.63, 3.8) is 0 Å². The molecule has 2 atom stereocenters. The molecule has 1 N–H and O–H groups in total. The highest BCUT2D eigenvalue weighted by molar-refractivity contribution is 5.11. The fraction of sp³-hybridized carbons (Fsp3) is 0.714. The van der Waals surface area contributed by atoms with E-state index in [2.05, 4.69) is 36.5 Å². The van der Waals surface area contributed by atoms with Crippen LogP contribution in [0.1, 0.15) is 50.6 Å². The van der Waals surface area contributed by atoms with Gasteiger partial charge in [-0.1, -0.05) is 6.92 Å². The first-order chi connectivity index (χ1) is 8.69. The van der Waals surface area contributed by atoms with Crippen molar-refractivity contribution in [3.05, 3.63) is 18.0 Å². The number of hydrogen-bond acceptors (Lipinski definition) is 3. The Hall–Kier alpha value is -1.34. The van der Waals surface area contributed by atoms with Crippen LogP contribution in [-0.4, -0.2) is 21.9 Å². The lowest BCUT2D eigenvalue weighted by Crippen LogP contribution is -2.48. The summed E-state index contributed by atoms with van der Waals surface area (Å²) < 4.78 is 2.04. The van der Waals surface area contributed by atoms with E-state index in [1.807, 2.05) is 10.9 Å². The second-order valence-corrected chi connectivity index (χ2v) is 5.37. The van der Waals surface area contributed by atoms with Crippen LogP contribution < -0.4 is 5.32 Å². The highest BCUT2D eigenvalue weighted by Gasteiger charge is 2.36. The molecule has 0 aromatic carbocycles. The molecule has 4 heteroatoms. The number of nitrogens with one attached hydrogen (secondary N) is 1. The van der Waals surface area contributed by atoms with Gasteiger partial charge >= 0.3 is 0 Å². The molecule has 0 saturated heterocycles. The van der Waals surface area contributed by atoms with Crippen LogP contribution >= 0.6 is 0 Å². The van der Waals surface area contributed by atoms with E-state index in [0.29, 0.717) is 6.04 Å². The molecular weight excluding hydrogens is 224 g/mol. The highest BCUT2D eigenvalue weighted by Crippen LogP contribution is 2.34. The standard InChI is InChI=1S/C14H22N4/c1-3-7-16-14(11-15)6-4-5-13(8-14)18-10-12(2)9-17-18/h9-10,13,16H,3-8H2,1-2H3. The zero-order chi connectivity index (χ0) is 13.0. The second-order valence-electron chi connectivity index (χ2n) is 5.37. The third-order valence-electron chi connectivity index (χ3n) is 3.76. The monoisotopic (exact) mass is 246 g/mol. The highest BCUT2D eigenvalue weighted by atomic mass is 15.3. The van der Waals surface area contributed by atoms with E-state index in [0.717, 1.165) is 38.6 Å². The lowest BCUT2D eigenvalue weighted by Gasteiger charge is -2.36. The van der Waals surface area contributed by atoms with Crippen molar-refractivity contribution in [1.82, 2.24) is 15.1 Å². The van der Waals surface area contributed by atoms with Gasteiger partial charge in [0.1, 0.15) is 5.54 Å². The van der Waals surface area contributed by atoms with Crippen molar-refractivity contribution >= 4 is 0 Å². The van der Waals surface area contributed by atoms with E-state index in [1.54, 1.807) is 0 Å². The van der Waals surface area contributed by atoms with Gasteiger partial charge in [0.15, 0.2) is 0 Å². The SMILES string of the molecule is CCCNC1(C#N)CCCC(n2cc(C)cn2)C1. The Labute approximate surface area is 109 Å². The van der Waals surface area contributed by atoms with Crippen LogP contribution in [0.3, 0.4) is 0 Å². The normalized spacial score (nSPS) is 27.9. The molecular formula is C14H22N4. The number of nitriles is 1. The molecule has 0 radical (unpaired) electrons. The molecule has 1 fully saturated rings. The van der Waals surface area contributed by atoms with E-state index in [4.69, 9.17) is 0 Å². The minimum absolute atomic E-state index is 0.348. The van der Waals surface area contributed by atoms with Crippen LogP contribution in [0.4, 0.5) is 0 Å². The van der Waals surface area contributed by atoms with Crippen molar-refractivity contribution in [1.29, 1.82) is 5.26 Å². The minimum atomic E-state index is -0.348. The summed E-state index contributed by atoms with van der Waals surface area (Å²) in [5.74, 6) is 0. The summed E-state index contributed by atoms with van der Waals surface area (Å²) in [6.45, 7) is 5.10. The Kier molecular flexibility index (Phi) is 4.03. The molecule has 2 rings (SSSR count). The molecule has 98 valence electrons. The Morgan fingerprint density at radius 2 is 2.50 bits per heavy atom. The van der Waals surface area contributed by atoms with Crippen LogP contribution in [0.25, 0.3) is 0 Å². The fourth-order valence-corrected chi connectivity index (χ4v) is 2.77. The van der Waals surface area contributed by atoms with Gasteiger partial charge < -0.3 is 0 Å². The maximum absolute atomic E-state index is 9.50. The molecule has 0 aliphatic heterocycles. The number of nitrogens with zero attached hydrogens (tertiary/aromatic N) is 3. The molecule has 1 aromatic rings. The van der Waals surface area contributed by atoms with Crippen molar-refractivity contribution in [3.8, 4) is 6.07 Å². The van der Waals surface area contributed by atoms with Gasteiger partial charge in [-0.25, -0.2) is 0 Å². The van der Waals surface area contributed by atoms with Crippen molar-refractivity contribution in [2.24, 2.45) is 0 Å². The van der Waals surface area contributed by atoms with Crippen LogP contribution in [0, 0.1) is 18.3 Å². The summed E-state index contributed by atoms with van der Waals surface area (Å²) in [7, 11) is 0. The first-order valence-electron chi connectivity index (χ1n) is 6.86. The van der Waals surface area contributed by atoms with Crippen LogP contribution in [0.15, 0.2) is 12.4 Å². The van der Waals surface area contributed by atoms with Crippen LogP contribution in [0.5, 0.6) is 0 Å². The Morgan fingerprint density at radius 1 is 1.67 bits per heavy atom. The molecule has 4 nitrogen and oxygen atoms in total. The van der Waals surface area contributed by atoms with Gasteiger partial charge in [0, 0.05) is 12.6 Å². The third kappa shape index (κ3) is 2.73. The first-order valence-corrected chi connectivity index (χ1v) is 6.86. The first kappa shape index (κ1) is 13.1. The molecule has 1 saturated carbocycles. The third-order valence-corrected chi connectivity index (χ3v) is 3.76. The molecule has 0 spiro atoms. The summed E-state index contributed by atoms with van der Waals surface area (Å²) >= 11 is 0. The van der Waals surface area contributed by atoms with Gasteiger partial charge in [0.25, 0.3) is 0 Å². The lowest BCUT2D eigenvalue weighted by atomic mass is 9.80. The largest absolute Gasteiger partial charge is 0.299 e. The summed E-state index contributed by atoms with van der Waals surface area (Å²) in [5.41, 5.74) is 0.836. The maximum atomic E-state index is 9.50. The number of hydrogen-bond donors (Lipinski definition) is 1. The average molecular weight is 246 g/mol. The zero-order valence-electron chi connectivity index (χ0n) is 11.3. The molecule has 2 unspecified atom stereocenters. The quantitative estimate of drug-likeness (QED) is 0.888. The van der Waals surface area contributed by atoms with E-state index in [-0.39, 0.29) is 5.54 Å². The van der Waals surface area contributed by atoms with Gasteiger partial charge in [-0.05, 0) is 44.7 Å². The van der Waals surface area contributed by atoms with Crippen LogP contribution in [-0.2, 0) is 0 Å². The smallest absolute Gasteiger partial charge is 0.108 e. The molecule has 1 aromatic heterocycles. The molecule has 1 heterocycles. The lowest BCUT2D eigenvalue weighted by molar-refractivity contribution is 0.220. The molecule has 0 amide bonds.